The second-order valence-electron chi connectivity index (χ2n) is 4.30. The van der Waals surface area contributed by atoms with Crippen molar-refractivity contribution in [3.05, 3.63) is 34.7 Å². The summed E-state index contributed by atoms with van der Waals surface area (Å²) in [5.41, 5.74) is 1.98. The first kappa shape index (κ1) is 9.66. The molecule has 4 heteroatoms. The fraction of sp³-hybridized carbons (Fsp3) is 0.417. The third-order valence-corrected chi connectivity index (χ3v) is 3.30. The van der Waals surface area contributed by atoms with E-state index in [-0.39, 0.29) is 7.12 Å². The summed E-state index contributed by atoms with van der Waals surface area (Å²) < 4.78 is 1.91. The van der Waals surface area contributed by atoms with Gasteiger partial charge in [-0.1, -0.05) is 12.1 Å². The molecule has 16 heavy (non-hydrogen) atoms. The van der Waals surface area contributed by atoms with Crippen molar-refractivity contribution < 1.29 is 1.43 Å². The molecule has 1 aromatic heterocycles. The van der Waals surface area contributed by atoms with Crippen LogP contribution in [0.15, 0.2) is 29.1 Å². The minimum Gasteiger partial charge on any atom is -0.317 e. The minimum atomic E-state index is 0. The lowest BCUT2D eigenvalue weighted by Crippen LogP contribution is -2.33. The first-order valence-electron chi connectivity index (χ1n) is 5.76. The lowest BCUT2D eigenvalue weighted by molar-refractivity contribution is 0.368. The number of piperidine rings is 1. The van der Waals surface area contributed by atoms with Gasteiger partial charge in [-0.3, -0.25) is 4.57 Å². The van der Waals surface area contributed by atoms with E-state index < -0.39 is 0 Å². The van der Waals surface area contributed by atoms with Crippen molar-refractivity contribution in [2.75, 3.05) is 13.1 Å². The van der Waals surface area contributed by atoms with Gasteiger partial charge in [0.2, 0.25) is 0 Å². The lowest BCUT2D eigenvalue weighted by atomic mass is 10.1. The zero-order chi connectivity index (χ0) is 11.0. The number of imidazole rings is 1. The molecule has 0 bridgehead atoms. The van der Waals surface area contributed by atoms with E-state index in [1.54, 1.807) is 0 Å². The monoisotopic (exact) mass is 219 g/mol. The Balaban J connectivity index is 0.00000108. The van der Waals surface area contributed by atoms with Crippen molar-refractivity contribution in [2.24, 2.45) is 0 Å². The normalized spacial score (nSPS) is 18.0. The van der Waals surface area contributed by atoms with Crippen LogP contribution in [0.1, 0.15) is 20.3 Å². The van der Waals surface area contributed by atoms with E-state index in [0.717, 1.165) is 37.0 Å². The third kappa shape index (κ3) is 1.46. The van der Waals surface area contributed by atoms with Crippen molar-refractivity contribution in [3.63, 3.8) is 0 Å². The van der Waals surface area contributed by atoms with Gasteiger partial charge < -0.3 is 10.3 Å². The highest BCUT2D eigenvalue weighted by atomic mass is 16.1. The Labute approximate surface area is 94.8 Å². The molecule has 1 aliphatic heterocycles. The van der Waals surface area contributed by atoms with Crippen molar-refractivity contribution in [1.29, 1.82) is 0 Å². The highest BCUT2D eigenvalue weighted by Gasteiger charge is 2.18. The average molecular weight is 219 g/mol. The molecule has 0 amide bonds. The molecule has 2 N–H and O–H groups in total. The molecule has 1 aliphatic rings. The van der Waals surface area contributed by atoms with Gasteiger partial charge in [0.05, 0.1) is 11.0 Å². The van der Waals surface area contributed by atoms with Gasteiger partial charge in [0.1, 0.15) is 0 Å². The van der Waals surface area contributed by atoms with Crippen molar-refractivity contribution in [1.82, 2.24) is 14.9 Å². The van der Waals surface area contributed by atoms with E-state index in [4.69, 9.17) is 0 Å². The molecule has 4 nitrogen and oxygen atoms in total. The summed E-state index contributed by atoms with van der Waals surface area (Å²) in [6, 6.07) is 8.23. The zero-order valence-electron chi connectivity index (χ0n) is 9.07. The van der Waals surface area contributed by atoms with Crippen LogP contribution in [-0.4, -0.2) is 22.6 Å². The summed E-state index contributed by atoms with van der Waals surface area (Å²) in [7, 11) is 0. The van der Waals surface area contributed by atoms with Gasteiger partial charge in [0.25, 0.3) is 0 Å². The Morgan fingerprint density at radius 3 is 2.81 bits per heavy atom. The number of H-pyrrole nitrogens is 1. The molecule has 0 spiro atoms. The van der Waals surface area contributed by atoms with Crippen molar-refractivity contribution in [3.8, 4) is 0 Å². The fourth-order valence-electron chi connectivity index (χ4n) is 2.50. The Bertz CT molecular complexity index is 554. The zero-order valence-corrected chi connectivity index (χ0v) is 9.07. The summed E-state index contributed by atoms with van der Waals surface area (Å²) >= 11 is 0. The standard InChI is InChI=1S/C12H15N3O.H2/c16-12-14-10-3-1-2-4-11(10)15(12)9-5-7-13-8-6-9;/h1-4,9,13H,5-8H2,(H,14,16);1H. The molecule has 3 rings (SSSR count). The van der Waals surface area contributed by atoms with E-state index in [9.17, 15) is 4.79 Å². The molecule has 2 aromatic rings. The highest BCUT2D eigenvalue weighted by molar-refractivity contribution is 5.75. The molecule has 0 saturated carbocycles. The van der Waals surface area contributed by atoms with Crippen LogP contribution in [0, 0.1) is 0 Å². The Hall–Kier alpha value is -1.55. The number of hydrogen-bond donors (Lipinski definition) is 2. The number of hydrogen-bond acceptors (Lipinski definition) is 2. The Kier molecular flexibility index (Phi) is 2.29. The van der Waals surface area contributed by atoms with Crippen LogP contribution in [0.5, 0.6) is 0 Å². The first-order chi connectivity index (χ1) is 7.86. The van der Waals surface area contributed by atoms with E-state index in [0.29, 0.717) is 6.04 Å². The van der Waals surface area contributed by atoms with E-state index in [2.05, 4.69) is 10.3 Å². The van der Waals surface area contributed by atoms with Crippen LogP contribution in [-0.2, 0) is 0 Å². The van der Waals surface area contributed by atoms with Gasteiger partial charge >= 0.3 is 5.69 Å². The van der Waals surface area contributed by atoms with E-state index in [1.807, 2.05) is 28.8 Å². The molecule has 0 aliphatic carbocycles. The molecule has 0 radical (unpaired) electrons. The maximum atomic E-state index is 11.9. The molecule has 0 atom stereocenters. The largest absolute Gasteiger partial charge is 0.326 e. The minimum absolute atomic E-state index is 0. The smallest absolute Gasteiger partial charge is 0.317 e. The first-order valence-corrected chi connectivity index (χ1v) is 5.76. The maximum absolute atomic E-state index is 11.9. The predicted molar refractivity (Wildman–Crippen MR) is 65.8 cm³/mol. The highest BCUT2D eigenvalue weighted by Crippen LogP contribution is 2.21. The van der Waals surface area contributed by atoms with Crippen LogP contribution in [0.25, 0.3) is 11.0 Å². The molecular formula is C12H17N3O. The molecule has 1 saturated heterocycles. The topological polar surface area (TPSA) is 49.8 Å². The number of benzene rings is 1. The van der Waals surface area contributed by atoms with Crippen molar-refractivity contribution in [2.45, 2.75) is 18.9 Å². The van der Waals surface area contributed by atoms with Gasteiger partial charge in [-0.05, 0) is 38.1 Å². The molecule has 0 unspecified atom stereocenters. The molecule has 1 aromatic carbocycles. The second-order valence-corrected chi connectivity index (χ2v) is 4.30. The van der Waals surface area contributed by atoms with Gasteiger partial charge in [-0.2, -0.15) is 0 Å². The van der Waals surface area contributed by atoms with Crippen LogP contribution >= 0.6 is 0 Å². The van der Waals surface area contributed by atoms with E-state index >= 15 is 0 Å². The summed E-state index contributed by atoms with van der Waals surface area (Å²) in [6.07, 6.45) is 2.06. The van der Waals surface area contributed by atoms with Crippen LogP contribution in [0.4, 0.5) is 0 Å². The van der Waals surface area contributed by atoms with Crippen LogP contribution in [0.3, 0.4) is 0 Å². The molecule has 86 valence electrons. The summed E-state index contributed by atoms with van der Waals surface area (Å²) in [6.45, 7) is 1.99. The molecular weight excluding hydrogens is 202 g/mol. The summed E-state index contributed by atoms with van der Waals surface area (Å²) in [5, 5.41) is 3.32. The van der Waals surface area contributed by atoms with E-state index in [1.165, 1.54) is 0 Å². The number of para-hydroxylation sites is 2. The maximum Gasteiger partial charge on any atom is 0.326 e. The fourth-order valence-corrected chi connectivity index (χ4v) is 2.50. The third-order valence-electron chi connectivity index (χ3n) is 3.30. The number of aromatic amines is 1. The number of aromatic nitrogens is 2. The summed E-state index contributed by atoms with van der Waals surface area (Å²) in [5.74, 6) is 0. The van der Waals surface area contributed by atoms with Crippen LogP contribution in [0.2, 0.25) is 0 Å². The van der Waals surface area contributed by atoms with Crippen molar-refractivity contribution >= 4 is 11.0 Å². The van der Waals surface area contributed by atoms with Gasteiger partial charge in [-0.25, -0.2) is 4.79 Å². The van der Waals surface area contributed by atoms with Crippen LogP contribution < -0.4 is 11.0 Å². The van der Waals surface area contributed by atoms with Gasteiger partial charge in [-0.15, -0.1) is 0 Å². The average Bonchev–Trinajstić information content (AvgIpc) is 2.66. The Morgan fingerprint density at radius 1 is 1.25 bits per heavy atom. The Morgan fingerprint density at radius 2 is 2.00 bits per heavy atom. The SMILES string of the molecule is O=c1[nH]c2ccccc2n1C1CCNCC1.[HH]. The predicted octanol–water partition coefficient (Wildman–Crippen LogP) is 1.50. The number of fused-ring (bicyclic) bond motifs is 1. The molecule has 2 heterocycles. The number of nitrogens with one attached hydrogen (secondary N) is 2. The second kappa shape index (κ2) is 3.79. The summed E-state index contributed by atoms with van der Waals surface area (Å²) in [4.78, 5) is 14.8. The molecule has 1 fully saturated rings. The number of rotatable bonds is 1. The van der Waals surface area contributed by atoms with Gasteiger partial charge in [0.15, 0.2) is 0 Å². The number of nitrogens with zero attached hydrogens (tertiary/aromatic N) is 1. The van der Waals surface area contributed by atoms with Gasteiger partial charge in [0, 0.05) is 7.47 Å². The lowest BCUT2D eigenvalue weighted by Gasteiger charge is -2.23. The quantitative estimate of drug-likeness (QED) is 0.763.